The minimum atomic E-state index is -4.73. The Morgan fingerprint density at radius 2 is 1.78 bits per heavy atom. The highest BCUT2D eigenvalue weighted by Gasteiger charge is 2.41. The summed E-state index contributed by atoms with van der Waals surface area (Å²) in [7, 11) is -4.73. The Balaban J connectivity index is 0.934. The van der Waals surface area contributed by atoms with Crippen molar-refractivity contribution in [2.75, 3.05) is 87.4 Å². The maximum Gasteiger partial charge on any atom is 0.293 e. The lowest BCUT2D eigenvalue weighted by molar-refractivity contribution is -0.384. The number of aromatic amines is 1. The molecule has 5 aliphatic rings. The minimum Gasteiger partial charge on any atom is -0.476 e. The van der Waals surface area contributed by atoms with Gasteiger partial charge in [0.05, 0.1) is 59.3 Å². The van der Waals surface area contributed by atoms with Crippen LogP contribution in [0.15, 0.2) is 83.4 Å². The zero-order chi connectivity index (χ0) is 46.3. The molecule has 16 nitrogen and oxygen atoms in total. The molecule has 10 rings (SSSR count). The molecule has 3 aromatic carbocycles. The van der Waals surface area contributed by atoms with Gasteiger partial charge < -0.3 is 34.3 Å². The third-order valence-electron chi connectivity index (χ3n) is 13.9. The van der Waals surface area contributed by atoms with E-state index in [4.69, 9.17) is 30.8 Å². The SMILES string of the molecule is O=C(NS(=O)(=O)c1ccc(NCC2COCCO2)c([N+](=O)[O-])c1)c1cc(F)c(N2CCN(CC3=C(c4ccc(Cl)cc4)CC4(CCC4)CC3)CC2)cc1N1CCCOc2nc3[nH]ccc3cc21. The van der Waals surface area contributed by atoms with Crippen molar-refractivity contribution in [2.24, 2.45) is 5.41 Å². The van der Waals surface area contributed by atoms with Gasteiger partial charge in [-0.3, -0.25) is 19.8 Å². The van der Waals surface area contributed by atoms with Crippen molar-refractivity contribution < 1.29 is 36.7 Å². The molecule has 19 heteroatoms. The molecule has 3 N–H and O–H groups in total. The molecule has 1 atom stereocenters. The van der Waals surface area contributed by atoms with Gasteiger partial charge in [0, 0.05) is 68.5 Å². The number of rotatable bonds is 12. The molecule has 0 radical (unpaired) electrons. The van der Waals surface area contributed by atoms with E-state index in [2.05, 4.69) is 32.1 Å². The summed E-state index contributed by atoms with van der Waals surface area (Å²) < 4.78 is 63.8. The number of sulfonamides is 1. The first-order valence-electron chi connectivity index (χ1n) is 22.9. The van der Waals surface area contributed by atoms with Gasteiger partial charge in [-0.05, 0) is 104 Å². The van der Waals surface area contributed by atoms with Crippen LogP contribution in [0, 0.1) is 21.3 Å². The standard InChI is InChI=1S/C48H52ClFN8O8S/c49-34-5-3-31(4-6-34)38-27-48(11-1-12-48)13-9-33(38)29-55-16-18-56(19-17-55)42-26-41(57-15-2-20-66-47-44(57)23-32-10-14-51-45(32)53-47)37(25-39(42)50)46(59)54-67(62,63)36-7-8-40(43(24-36)58(60)61)52-28-35-30-64-21-22-65-35/h3-8,10,14,23-26,35,52H,1-2,9,11-13,15-22,27-30H2,(H,51,53)(H,54,59). The largest absolute Gasteiger partial charge is 0.476 e. The Bertz CT molecular complexity index is 2840. The van der Waals surface area contributed by atoms with Gasteiger partial charge in [0.15, 0.2) is 0 Å². The van der Waals surface area contributed by atoms with E-state index in [1.54, 1.807) is 12.3 Å². The lowest BCUT2D eigenvalue weighted by Gasteiger charge is -2.47. The molecule has 5 heterocycles. The predicted octanol–water partition coefficient (Wildman–Crippen LogP) is 8.06. The second kappa shape index (κ2) is 18.7. The number of aromatic nitrogens is 2. The first-order valence-corrected chi connectivity index (χ1v) is 24.7. The number of hydrogen-bond acceptors (Lipinski definition) is 13. The summed E-state index contributed by atoms with van der Waals surface area (Å²) in [5.41, 5.74) is 5.42. The van der Waals surface area contributed by atoms with Crippen LogP contribution in [0.1, 0.15) is 60.9 Å². The van der Waals surface area contributed by atoms with Crippen LogP contribution >= 0.6 is 11.6 Å². The Morgan fingerprint density at radius 1 is 0.955 bits per heavy atom. The summed E-state index contributed by atoms with van der Waals surface area (Å²) in [5.74, 6) is -1.52. The average Bonchev–Trinajstić information content (AvgIpc) is 3.68. The maximum absolute atomic E-state index is 16.7. The van der Waals surface area contributed by atoms with E-state index in [-0.39, 0.29) is 35.3 Å². The van der Waals surface area contributed by atoms with E-state index in [0.717, 1.165) is 43.0 Å². The number of amides is 1. The fraction of sp³-hybridized carbons (Fsp3) is 0.417. The summed E-state index contributed by atoms with van der Waals surface area (Å²) in [6, 6.07) is 17.9. The molecular weight excluding hydrogens is 903 g/mol. The maximum atomic E-state index is 16.7. The second-order valence-corrected chi connectivity index (χ2v) is 20.2. The third-order valence-corrected chi connectivity index (χ3v) is 15.5. The van der Waals surface area contributed by atoms with Gasteiger partial charge in [0.2, 0.25) is 5.88 Å². The van der Waals surface area contributed by atoms with Crippen LogP contribution < -0.4 is 24.6 Å². The molecular formula is C48H52ClFN8O8S. The molecule has 67 heavy (non-hydrogen) atoms. The van der Waals surface area contributed by atoms with E-state index in [9.17, 15) is 23.3 Å². The van der Waals surface area contributed by atoms with Crippen molar-refractivity contribution in [1.29, 1.82) is 0 Å². The quantitative estimate of drug-likeness (QED) is 0.0807. The Labute approximate surface area is 392 Å². The van der Waals surface area contributed by atoms with Gasteiger partial charge in [-0.1, -0.05) is 35.7 Å². The highest BCUT2D eigenvalue weighted by atomic mass is 35.5. The van der Waals surface area contributed by atoms with Crippen LogP contribution in [-0.4, -0.2) is 112 Å². The van der Waals surface area contributed by atoms with Crippen molar-refractivity contribution in [2.45, 2.75) is 55.9 Å². The van der Waals surface area contributed by atoms with Crippen molar-refractivity contribution in [1.82, 2.24) is 19.6 Å². The monoisotopic (exact) mass is 954 g/mol. The van der Waals surface area contributed by atoms with E-state index < -0.39 is 37.3 Å². The Kier molecular flexibility index (Phi) is 12.6. The molecule has 2 saturated heterocycles. The number of nitro benzene ring substituents is 1. The fourth-order valence-corrected chi connectivity index (χ4v) is 11.2. The number of fused-ring (bicyclic) bond motifs is 2. The van der Waals surface area contributed by atoms with E-state index >= 15 is 4.39 Å². The van der Waals surface area contributed by atoms with Crippen LogP contribution in [0.5, 0.6) is 5.88 Å². The molecule has 2 aromatic heterocycles. The van der Waals surface area contributed by atoms with Crippen molar-refractivity contribution in [3.8, 4) is 5.88 Å². The first-order chi connectivity index (χ1) is 32.4. The third kappa shape index (κ3) is 9.41. The van der Waals surface area contributed by atoms with Crippen molar-refractivity contribution in [3.63, 3.8) is 0 Å². The number of nitrogens with zero attached hydrogens (tertiary/aromatic N) is 5. The average molecular weight is 956 g/mol. The van der Waals surface area contributed by atoms with Gasteiger partial charge in [0.1, 0.15) is 22.8 Å². The van der Waals surface area contributed by atoms with Gasteiger partial charge in [-0.2, -0.15) is 4.98 Å². The lowest BCUT2D eigenvalue weighted by Crippen LogP contribution is -2.47. The molecule has 1 amide bonds. The number of nitrogens with one attached hydrogen (secondary N) is 3. The number of carbonyl (C=O) groups excluding carboxylic acids is 1. The molecule has 3 aliphatic heterocycles. The van der Waals surface area contributed by atoms with Crippen LogP contribution in [0.3, 0.4) is 0 Å². The Hall–Kier alpha value is -5.79. The summed E-state index contributed by atoms with van der Waals surface area (Å²) in [4.78, 5) is 39.3. The van der Waals surface area contributed by atoms with Crippen molar-refractivity contribution in [3.05, 3.63) is 111 Å². The van der Waals surface area contributed by atoms with Gasteiger partial charge in [-0.15, -0.1) is 0 Å². The summed E-state index contributed by atoms with van der Waals surface area (Å²) in [5, 5.41) is 16.6. The number of allylic oxidation sites excluding steroid dienone is 1. The number of anilines is 4. The zero-order valence-corrected chi connectivity index (χ0v) is 38.5. The molecule has 2 aliphatic carbocycles. The molecule has 1 spiro atoms. The van der Waals surface area contributed by atoms with Gasteiger partial charge >= 0.3 is 0 Å². The van der Waals surface area contributed by atoms with E-state index in [1.807, 2.05) is 34.1 Å². The highest BCUT2D eigenvalue weighted by Crippen LogP contribution is 2.55. The Morgan fingerprint density at radius 3 is 2.52 bits per heavy atom. The summed E-state index contributed by atoms with van der Waals surface area (Å²) >= 11 is 6.29. The van der Waals surface area contributed by atoms with Gasteiger partial charge in [0.25, 0.3) is 21.6 Å². The number of nitro groups is 1. The topological polar surface area (TPSA) is 185 Å². The van der Waals surface area contributed by atoms with Crippen LogP contribution in [0.4, 0.5) is 32.8 Å². The molecule has 3 fully saturated rings. The lowest BCUT2D eigenvalue weighted by atomic mass is 9.59. The smallest absolute Gasteiger partial charge is 0.293 e. The number of piperazine rings is 1. The van der Waals surface area contributed by atoms with Crippen molar-refractivity contribution >= 4 is 72.6 Å². The number of carbonyl (C=O) groups is 1. The normalized spacial score (nSPS) is 19.9. The molecule has 352 valence electrons. The van der Waals surface area contributed by atoms with Gasteiger partial charge in [-0.25, -0.2) is 17.5 Å². The zero-order valence-electron chi connectivity index (χ0n) is 36.9. The molecule has 5 aromatic rings. The molecule has 1 unspecified atom stereocenters. The van der Waals surface area contributed by atoms with E-state index in [0.29, 0.717) is 93.2 Å². The summed E-state index contributed by atoms with van der Waals surface area (Å²) in [6.07, 6.45) is 9.05. The number of halogens is 2. The predicted molar refractivity (Wildman–Crippen MR) is 254 cm³/mol. The van der Waals surface area contributed by atoms with Crippen LogP contribution in [0.25, 0.3) is 16.6 Å². The fourth-order valence-electron chi connectivity index (χ4n) is 10.1. The second-order valence-electron chi connectivity index (χ2n) is 18.1. The molecule has 1 saturated carbocycles. The molecule has 0 bridgehead atoms. The number of ether oxygens (including phenoxy) is 3. The number of benzene rings is 3. The number of hydrogen-bond donors (Lipinski definition) is 3. The number of H-pyrrole nitrogens is 1. The van der Waals surface area contributed by atoms with Crippen LogP contribution in [-0.2, 0) is 19.5 Å². The van der Waals surface area contributed by atoms with Crippen LogP contribution in [0.2, 0.25) is 5.02 Å². The number of pyridine rings is 1. The minimum absolute atomic E-state index is 0.0630. The summed E-state index contributed by atoms with van der Waals surface area (Å²) in [6.45, 7) is 5.17. The van der Waals surface area contributed by atoms with E-state index in [1.165, 1.54) is 48.5 Å². The first kappa shape index (κ1) is 45.0. The highest BCUT2D eigenvalue weighted by molar-refractivity contribution is 7.90.